The van der Waals surface area contributed by atoms with Gasteiger partial charge in [0.05, 0.1) is 12.1 Å². The molecule has 0 saturated carbocycles. The topological polar surface area (TPSA) is 38.5 Å². The summed E-state index contributed by atoms with van der Waals surface area (Å²) in [7, 11) is 1.64. The molecule has 0 bridgehead atoms. The Kier molecular flexibility index (Phi) is 5.08. The van der Waals surface area contributed by atoms with Crippen LogP contribution in [0.25, 0.3) is 0 Å². The molecule has 3 nitrogen and oxygen atoms in total. The Hall–Kier alpha value is -0.770. The molecule has 1 aliphatic rings. The average Bonchev–Trinajstić information content (AvgIpc) is 2.39. The highest BCUT2D eigenvalue weighted by atomic mass is 35.5. The van der Waals surface area contributed by atoms with Crippen LogP contribution in [0.5, 0.6) is 5.75 Å². The van der Waals surface area contributed by atoms with Crippen molar-refractivity contribution in [2.45, 2.75) is 32.4 Å². The Balaban J connectivity index is 1.90. The van der Waals surface area contributed by atoms with Gasteiger partial charge in [-0.2, -0.15) is 0 Å². The van der Waals surface area contributed by atoms with Crippen LogP contribution in [-0.4, -0.2) is 31.1 Å². The SMILES string of the molecule is COc1ccc(CN2CCC(C(C)N)CC2)cc1Cl. The van der Waals surface area contributed by atoms with Crippen LogP contribution < -0.4 is 10.5 Å². The Labute approximate surface area is 120 Å². The molecule has 4 heteroatoms. The molecule has 0 radical (unpaired) electrons. The lowest BCUT2D eigenvalue weighted by Crippen LogP contribution is -2.39. The number of hydrogen-bond acceptors (Lipinski definition) is 3. The smallest absolute Gasteiger partial charge is 0.137 e. The number of nitrogens with two attached hydrogens (primary N) is 1. The third-order valence-corrected chi connectivity index (χ3v) is 4.29. The molecule has 1 aromatic rings. The second-order valence-electron chi connectivity index (χ2n) is 5.44. The van der Waals surface area contributed by atoms with Crippen molar-refractivity contribution in [2.75, 3.05) is 20.2 Å². The number of methoxy groups -OCH3 is 1. The Morgan fingerprint density at radius 1 is 1.42 bits per heavy atom. The number of ether oxygens (including phenoxy) is 1. The van der Waals surface area contributed by atoms with E-state index in [4.69, 9.17) is 22.1 Å². The molecule has 2 rings (SSSR count). The summed E-state index contributed by atoms with van der Waals surface area (Å²) in [4.78, 5) is 2.47. The fourth-order valence-corrected chi connectivity index (χ4v) is 2.98. The van der Waals surface area contributed by atoms with Gasteiger partial charge in [-0.15, -0.1) is 0 Å². The molecule has 1 aliphatic heterocycles. The van der Waals surface area contributed by atoms with E-state index in [0.29, 0.717) is 17.0 Å². The van der Waals surface area contributed by atoms with Crippen molar-refractivity contribution in [1.29, 1.82) is 0 Å². The highest BCUT2D eigenvalue weighted by Crippen LogP contribution is 2.26. The van der Waals surface area contributed by atoms with Crippen molar-refractivity contribution < 1.29 is 4.74 Å². The summed E-state index contributed by atoms with van der Waals surface area (Å²) >= 11 is 6.15. The van der Waals surface area contributed by atoms with Crippen molar-refractivity contribution in [1.82, 2.24) is 4.90 Å². The van der Waals surface area contributed by atoms with Crippen molar-refractivity contribution in [3.05, 3.63) is 28.8 Å². The van der Waals surface area contributed by atoms with Gasteiger partial charge in [0.15, 0.2) is 0 Å². The van der Waals surface area contributed by atoms with E-state index in [-0.39, 0.29) is 0 Å². The van der Waals surface area contributed by atoms with Crippen molar-refractivity contribution in [2.24, 2.45) is 11.7 Å². The molecule has 1 saturated heterocycles. The minimum Gasteiger partial charge on any atom is -0.495 e. The summed E-state index contributed by atoms with van der Waals surface area (Å²) in [6, 6.07) is 6.34. The maximum atomic E-state index is 6.15. The van der Waals surface area contributed by atoms with Crippen LogP contribution in [-0.2, 0) is 6.54 Å². The van der Waals surface area contributed by atoms with Crippen LogP contribution >= 0.6 is 11.6 Å². The van der Waals surface area contributed by atoms with E-state index < -0.39 is 0 Å². The molecule has 0 aromatic heterocycles. The fourth-order valence-electron chi connectivity index (χ4n) is 2.70. The minimum absolute atomic E-state index is 0.317. The van der Waals surface area contributed by atoms with Gasteiger partial charge in [0.2, 0.25) is 0 Å². The van der Waals surface area contributed by atoms with E-state index in [9.17, 15) is 0 Å². The molecule has 1 aromatic carbocycles. The zero-order chi connectivity index (χ0) is 13.8. The van der Waals surface area contributed by atoms with Gasteiger partial charge in [0.25, 0.3) is 0 Å². The third kappa shape index (κ3) is 3.85. The van der Waals surface area contributed by atoms with Crippen LogP contribution in [0, 0.1) is 5.92 Å². The number of nitrogens with zero attached hydrogens (tertiary/aromatic N) is 1. The van der Waals surface area contributed by atoms with E-state index in [2.05, 4.69) is 17.9 Å². The number of halogens is 1. The molecular formula is C15H23ClN2O. The normalized spacial score (nSPS) is 19.4. The highest BCUT2D eigenvalue weighted by Gasteiger charge is 2.21. The second-order valence-corrected chi connectivity index (χ2v) is 5.85. The number of rotatable bonds is 4. The van der Waals surface area contributed by atoms with Gasteiger partial charge >= 0.3 is 0 Å². The van der Waals surface area contributed by atoms with Gasteiger partial charge in [0, 0.05) is 12.6 Å². The van der Waals surface area contributed by atoms with E-state index in [1.165, 1.54) is 18.4 Å². The quantitative estimate of drug-likeness (QED) is 0.923. The Morgan fingerprint density at radius 2 is 2.11 bits per heavy atom. The molecule has 0 spiro atoms. The first-order chi connectivity index (χ1) is 9.10. The lowest BCUT2D eigenvalue weighted by molar-refractivity contribution is 0.165. The molecule has 2 N–H and O–H groups in total. The van der Waals surface area contributed by atoms with E-state index >= 15 is 0 Å². The number of likely N-dealkylation sites (tertiary alicyclic amines) is 1. The van der Waals surface area contributed by atoms with Crippen LogP contribution in [0.1, 0.15) is 25.3 Å². The molecule has 0 aliphatic carbocycles. The van der Waals surface area contributed by atoms with E-state index in [1.807, 2.05) is 12.1 Å². The first kappa shape index (κ1) is 14.6. The van der Waals surface area contributed by atoms with Crippen molar-refractivity contribution in [3.63, 3.8) is 0 Å². The van der Waals surface area contributed by atoms with Gasteiger partial charge in [-0.05, 0) is 56.5 Å². The molecule has 19 heavy (non-hydrogen) atoms. The van der Waals surface area contributed by atoms with Crippen LogP contribution in [0.2, 0.25) is 5.02 Å². The first-order valence-electron chi connectivity index (χ1n) is 6.90. The van der Waals surface area contributed by atoms with Crippen LogP contribution in [0.15, 0.2) is 18.2 Å². The van der Waals surface area contributed by atoms with Gasteiger partial charge in [-0.25, -0.2) is 0 Å². The largest absolute Gasteiger partial charge is 0.495 e. The zero-order valence-corrected chi connectivity index (χ0v) is 12.5. The highest BCUT2D eigenvalue weighted by molar-refractivity contribution is 6.32. The molecule has 106 valence electrons. The summed E-state index contributed by atoms with van der Waals surface area (Å²) < 4.78 is 5.17. The zero-order valence-electron chi connectivity index (χ0n) is 11.7. The van der Waals surface area contributed by atoms with Gasteiger partial charge in [0.1, 0.15) is 5.75 Å². The third-order valence-electron chi connectivity index (χ3n) is 4.00. The predicted molar refractivity (Wildman–Crippen MR) is 79.7 cm³/mol. The minimum atomic E-state index is 0.317. The number of benzene rings is 1. The monoisotopic (exact) mass is 282 g/mol. The molecular weight excluding hydrogens is 260 g/mol. The summed E-state index contributed by atoms with van der Waals surface area (Å²) in [6.45, 7) is 5.31. The Morgan fingerprint density at radius 3 is 2.63 bits per heavy atom. The first-order valence-corrected chi connectivity index (χ1v) is 7.28. The summed E-state index contributed by atoms with van der Waals surface area (Å²) in [5.41, 5.74) is 7.21. The van der Waals surface area contributed by atoms with Gasteiger partial charge < -0.3 is 10.5 Å². The van der Waals surface area contributed by atoms with Crippen LogP contribution in [0.3, 0.4) is 0 Å². The maximum Gasteiger partial charge on any atom is 0.137 e. The molecule has 1 unspecified atom stereocenters. The van der Waals surface area contributed by atoms with E-state index in [1.54, 1.807) is 7.11 Å². The van der Waals surface area contributed by atoms with Crippen LogP contribution in [0.4, 0.5) is 0 Å². The number of hydrogen-bond donors (Lipinski definition) is 1. The van der Waals surface area contributed by atoms with Crippen molar-refractivity contribution in [3.8, 4) is 5.75 Å². The van der Waals surface area contributed by atoms with Gasteiger partial charge in [-0.3, -0.25) is 4.90 Å². The fraction of sp³-hybridized carbons (Fsp3) is 0.600. The van der Waals surface area contributed by atoms with Gasteiger partial charge in [-0.1, -0.05) is 17.7 Å². The molecule has 1 fully saturated rings. The molecule has 0 amide bonds. The summed E-state index contributed by atoms with van der Waals surface area (Å²) in [5.74, 6) is 1.41. The summed E-state index contributed by atoms with van der Waals surface area (Å²) in [6.07, 6.45) is 2.39. The lowest BCUT2D eigenvalue weighted by atomic mass is 9.91. The average molecular weight is 283 g/mol. The summed E-state index contributed by atoms with van der Waals surface area (Å²) in [5, 5.41) is 0.686. The standard InChI is InChI=1S/C15H23ClN2O/c1-11(17)13-5-7-18(8-6-13)10-12-3-4-15(19-2)14(16)9-12/h3-4,9,11,13H,5-8,10,17H2,1-2H3. The maximum absolute atomic E-state index is 6.15. The molecule has 1 atom stereocenters. The predicted octanol–water partition coefficient (Wildman–Crippen LogP) is 2.91. The lowest BCUT2D eigenvalue weighted by Gasteiger charge is -2.33. The van der Waals surface area contributed by atoms with Crippen molar-refractivity contribution >= 4 is 11.6 Å². The number of piperidine rings is 1. The molecule has 1 heterocycles. The van der Waals surface area contributed by atoms with E-state index in [0.717, 1.165) is 25.4 Å². The Bertz CT molecular complexity index is 415. The second kappa shape index (κ2) is 6.60.